The van der Waals surface area contributed by atoms with Gasteiger partial charge in [0.1, 0.15) is 0 Å². The highest BCUT2D eigenvalue weighted by Crippen LogP contribution is 2.02. The van der Waals surface area contributed by atoms with Crippen LogP contribution in [0.1, 0.15) is 10.4 Å². The lowest BCUT2D eigenvalue weighted by atomic mass is 10.3. The number of nitrogens with zero attached hydrogens (tertiary/aromatic N) is 1. The minimum Gasteiger partial charge on any atom is -0.332 e. The Hall–Kier alpha value is -1.09. The summed E-state index contributed by atoms with van der Waals surface area (Å²) in [5.41, 5.74) is 3.46. The molecule has 0 saturated heterocycles. The van der Waals surface area contributed by atoms with E-state index in [4.69, 9.17) is 5.84 Å². The van der Waals surface area contributed by atoms with Crippen LogP contribution in [0.25, 0.3) is 0 Å². The predicted molar refractivity (Wildman–Crippen MR) is 43.5 cm³/mol. The molecule has 0 aliphatic rings. The van der Waals surface area contributed by atoms with Crippen LogP contribution in [-0.4, -0.2) is 25.6 Å². The van der Waals surface area contributed by atoms with Crippen LogP contribution in [0.3, 0.4) is 0 Å². The van der Waals surface area contributed by atoms with Crippen LogP contribution in [0.15, 0.2) is 16.9 Å². The van der Waals surface area contributed by atoms with Crippen molar-refractivity contribution in [3.8, 4) is 0 Å². The fourth-order valence-electron chi connectivity index (χ4n) is 0.818. The van der Waals surface area contributed by atoms with Gasteiger partial charge in [-0.1, -0.05) is 0 Å². The molecule has 0 unspecified atom stereocenters. The third-order valence-electron chi connectivity index (χ3n) is 1.50. The van der Waals surface area contributed by atoms with Crippen molar-refractivity contribution >= 4 is 26.8 Å². The van der Waals surface area contributed by atoms with E-state index < -0.39 is 0 Å². The zero-order chi connectivity index (χ0) is 9.30. The summed E-state index contributed by atoms with van der Waals surface area (Å²) in [6.45, 7) is 0. The van der Waals surface area contributed by atoms with Gasteiger partial charge in [0.05, 0.1) is 10.2 Å². The molecule has 0 bridgehead atoms. The average Bonchev–Trinajstić information content (AvgIpc) is 2.00. The summed E-state index contributed by atoms with van der Waals surface area (Å²) in [6.07, 6.45) is 0. The van der Waals surface area contributed by atoms with E-state index in [-0.39, 0.29) is 16.0 Å². The first kappa shape index (κ1) is 9.00. The predicted octanol–water partition coefficient (Wildman–Crippen LogP) is -2.26. The molecule has 1 aromatic heterocycles. The average molecular weight is 180 g/mol. The lowest BCUT2D eigenvalue weighted by Crippen LogP contribution is -2.50. The minimum absolute atomic E-state index is 0.225. The molecule has 0 atom stereocenters. The fraction of sp³-hybridized carbons (Fsp3) is 0. The van der Waals surface area contributed by atoms with Crippen molar-refractivity contribution < 1.29 is 10.5 Å². The van der Waals surface area contributed by atoms with Crippen LogP contribution in [0.4, 0.5) is 5.82 Å². The van der Waals surface area contributed by atoms with E-state index in [0.29, 0.717) is 5.56 Å². The summed E-state index contributed by atoms with van der Waals surface area (Å²) >= 11 is 2.00. The van der Waals surface area contributed by atoms with Crippen LogP contribution in [-0.2, 0) is 0 Å². The summed E-state index contributed by atoms with van der Waals surface area (Å²) in [7, 11) is 0. The minimum atomic E-state index is -0.380. The van der Waals surface area contributed by atoms with Gasteiger partial charge >= 0.3 is 0 Å². The van der Waals surface area contributed by atoms with Gasteiger partial charge in [-0.05, 0) is 6.07 Å². The number of hydrogen-bond acceptors (Lipinski definition) is 3. The number of carbonyl (C=O) groups excluding carboxylic acids is 1. The Bertz CT molecular complexity index is 385. The number of rotatable bonds is 1. The van der Waals surface area contributed by atoms with Crippen molar-refractivity contribution in [2.45, 2.75) is 0 Å². The van der Waals surface area contributed by atoms with Gasteiger partial charge in [-0.15, -0.1) is 0 Å². The maximum atomic E-state index is 10.9. The molecule has 6 heteroatoms. The SMILES string of the molecule is Nn1c([NH3+])c([C](=O)[Al])ccc1=O. The van der Waals surface area contributed by atoms with E-state index in [9.17, 15) is 9.59 Å². The molecular weight excluding hydrogens is 173 g/mol. The third kappa shape index (κ3) is 1.41. The molecule has 0 amide bonds. The maximum absolute atomic E-state index is 10.9. The Morgan fingerprint density at radius 1 is 1.58 bits per heavy atom. The fourth-order valence-corrected chi connectivity index (χ4v) is 1.08. The number of aromatic nitrogens is 1. The van der Waals surface area contributed by atoms with Crippen LogP contribution in [0.5, 0.6) is 0 Å². The quantitative estimate of drug-likeness (QED) is 0.377. The van der Waals surface area contributed by atoms with Crippen molar-refractivity contribution in [3.63, 3.8) is 0 Å². The van der Waals surface area contributed by atoms with Gasteiger partial charge in [-0.3, -0.25) is 4.79 Å². The van der Waals surface area contributed by atoms with Gasteiger partial charge in [0.25, 0.3) is 21.8 Å². The van der Waals surface area contributed by atoms with Crippen molar-refractivity contribution in [1.29, 1.82) is 0 Å². The molecule has 1 rings (SSSR count). The lowest BCUT2D eigenvalue weighted by molar-refractivity contribution is -0.264. The zero-order valence-electron chi connectivity index (χ0n) is 6.28. The van der Waals surface area contributed by atoms with Crippen LogP contribution < -0.4 is 17.1 Å². The smallest absolute Gasteiger partial charge is 0.273 e. The molecule has 60 valence electrons. The first-order chi connectivity index (χ1) is 5.54. The van der Waals surface area contributed by atoms with E-state index in [1.54, 1.807) is 0 Å². The molecule has 1 aromatic rings. The summed E-state index contributed by atoms with van der Waals surface area (Å²) in [5.74, 6) is 5.53. The lowest BCUT2D eigenvalue weighted by Gasteiger charge is -2.02. The number of carbonyl (C=O) groups is 1. The van der Waals surface area contributed by atoms with Gasteiger partial charge in [-0.25, -0.2) is 0 Å². The van der Waals surface area contributed by atoms with E-state index in [0.717, 1.165) is 4.68 Å². The van der Waals surface area contributed by atoms with Crippen molar-refractivity contribution in [1.82, 2.24) is 4.68 Å². The Morgan fingerprint density at radius 2 is 2.17 bits per heavy atom. The van der Waals surface area contributed by atoms with Crippen molar-refractivity contribution in [3.05, 3.63) is 28.0 Å². The highest BCUT2D eigenvalue weighted by Gasteiger charge is 2.09. The maximum Gasteiger partial charge on any atom is 0.273 e. The second kappa shape index (κ2) is 3.11. The molecular formula is C6H7AlN3O2+. The number of quaternary nitrogens is 1. The first-order valence-corrected chi connectivity index (χ1v) is 3.74. The van der Waals surface area contributed by atoms with Crippen LogP contribution in [0.2, 0.25) is 0 Å². The van der Waals surface area contributed by atoms with E-state index in [2.05, 4.69) is 5.73 Å². The van der Waals surface area contributed by atoms with Crippen molar-refractivity contribution in [2.24, 2.45) is 0 Å². The van der Waals surface area contributed by atoms with E-state index in [1.165, 1.54) is 12.1 Å². The second-order valence-electron chi connectivity index (χ2n) is 2.27. The molecule has 5 N–H and O–H groups in total. The molecule has 0 spiro atoms. The normalized spacial score (nSPS) is 9.75. The molecule has 0 aliphatic carbocycles. The van der Waals surface area contributed by atoms with Gasteiger partial charge in [0.15, 0.2) is 0 Å². The zero-order valence-corrected chi connectivity index (χ0v) is 7.43. The first-order valence-electron chi connectivity index (χ1n) is 3.17. The van der Waals surface area contributed by atoms with Gasteiger partial charge in [0, 0.05) is 6.07 Å². The van der Waals surface area contributed by atoms with E-state index in [1.807, 2.05) is 16.3 Å². The number of nitrogen functional groups attached to an aromatic ring is 1. The Morgan fingerprint density at radius 3 is 2.67 bits per heavy atom. The van der Waals surface area contributed by atoms with E-state index >= 15 is 0 Å². The molecule has 1 heterocycles. The Kier molecular flexibility index (Phi) is 2.33. The second-order valence-corrected chi connectivity index (χ2v) is 2.79. The molecule has 0 fully saturated rings. The standard InChI is InChI=1S/C6H6N3O2.Al/c7-6-4(3-10)1-2-5(11)9(6)8;/h1-2H,7-8H2;/p+1. The summed E-state index contributed by atoms with van der Waals surface area (Å²) < 4.78 is 0.608. The van der Waals surface area contributed by atoms with Gasteiger partial charge in [0.2, 0.25) is 5.82 Å². The Labute approximate surface area is 76.4 Å². The Balaban J connectivity index is 3.47. The number of pyridine rings is 1. The van der Waals surface area contributed by atoms with Crippen molar-refractivity contribution in [2.75, 3.05) is 5.84 Å². The molecule has 5 nitrogen and oxygen atoms in total. The molecule has 12 heavy (non-hydrogen) atoms. The van der Waals surface area contributed by atoms with Crippen LogP contribution >= 0.6 is 0 Å². The molecule has 0 aliphatic heterocycles. The highest BCUT2D eigenvalue weighted by molar-refractivity contribution is 6.62. The monoisotopic (exact) mass is 180 g/mol. The molecule has 0 aromatic carbocycles. The number of hydrogen-bond donors (Lipinski definition) is 2. The topological polar surface area (TPSA) is 92.7 Å². The largest absolute Gasteiger partial charge is 0.332 e. The van der Waals surface area contributed by atoms with Gasteiger partial charge < -0.3 is 16.4 Å². The summed E-state index contributed by atoms with van der Waals surface area (Å²) in [6, 6.07) is 2.63. The molecule has 0 saturated carbocycles. The molecule has 2 radical (unpaired) electrons. The summed E-state index contributed by atoms with van der Waals surface area (Å²) in [4.78, 5) is 21.8. The number of nitrogens with two attached hydrogens (primary N) is 1. The van der Waals surface area contributed by atoms with Gasteiger partial charge in [-0.2, -0.15) is 4.68 Å². The summed E-state index contributed by atoms with van der Waals surface area (Å²) in [5, 5.41) is 0. The third-order valence-corrected chi connectivity index (χ3v) is 1.81. The van der Waals surface area contributed by atoms with Crippen LogP contribution in [0, 0.1) is 0 Å². The highest BCUT2D eigenvalue weighted by atomic mass is 27.0.